The van der Waals surface area contributed by atoms with Crippen molar-refractivity contribution in [1.82, 2.24) is 10.2 Å². The van der Waals surface area contributed by atoms with E-state index in [2.05, 4.69) is 22.5 Å². The highest BCUT2D eigenvalue weighted by Crippen LogP contribution is 2.09. The maximum absolute atomic E-state index is 9.08. The molecular formula is C10H19N3S. The van der Waals surface area contributed by atoms with Gasteiger partial charge in [-0.15, -0.1) is 0 Å². The normalized spacial score (nSPS) is 21.1. The topological polar surface area (TPSA) is 39.1 Å². The highest BCUT2D eigenvalue weighted by Gasteiger charge is 2.18. The first-order chi connectivity index (χ1) is 6.88. The van der Waals surface area contributed by atoms with Crippen molar-refractivity contribution in [2.75, 3.05) is 38.2 Å². The van der Waals surface area contributed by atoms with Crippen molar-refractivity contribution < 1.29 is 0 Å². The largest absolute Gasteiger partial charge is 0.315 e. The van der Waals surface area contributed by atoms with E-state index in [9.17, 15) is 0 Å². The van der Waals surface area contributed by atoms with E-state index in [0.29, 0.717) is 0 Å². The third-order valence-electron chi connectivity index (χ3n) is 2.56. The van der Waals surface area contributed by atoms with Crippen LogP contribution in [0.2, 0.25) is 0 Å². The lowest BCUT2D eigenvalue weighted by atomic mass is 10.2. The van der Waals surface area contributed by atoms with Gasteiger partial charge in [0.25, 0.3) is 0 Å². The standard InChI is InChI=1S/C10H19N3S/c1-14-8-3-10(9-11)13-6-2-4-12-5-7-13/h10,12H,2-8H2,1H3. The second-order valence-electron chi connectivity index (χ2n) is 3.57. The molecule has 4 heteroatoms. The molecule has 0 spiro atoms. The first-order valence-corrected chi connectivity index (χ1v) is 6.61. The van der Waals surface area contributed by atoms with E-state index in [1.807, 2.05) is 11.8 Å². The summed E-state index contributed by atoms with van der Waals surface area (Å²) in [5.41, 5.74) is 0. The molecule has 0 aromatic rings. The summed E-state index contributed by atoms with van der Waals surface area (Å²) in [6.45, 7) is 4.21. The van der Waals surface area contributed by atoms with Gasteiger partial charge in [-0.05, 0) is 31.4 Å². The number of hydrogen-bond donors (Lipinski definition) is 1. The average molecular weight is 213 g/mol. The van der Waals surface area contributed by atoms with Crippen LogP contribution in [-0.4, -0.2) is 49.1 Å². The van der Waals surface area contributed by atoms with Crippen molar-refractivity contribution in [3.8, 4) is 6.07 Å². The maximum Gasteiger partial charge on any atom is 0.0986 e. The molecule has 0 aromatic carbocycles. The Labute approximate surface area is 90.8 Å². The van der Waals surface area contributed by atoms with Gasteiger partial charge in [-0.3, -0.25) is 4.90 Å². The number of thioether (sulfide) groups is 1. The number of rotatable bonds is 4. The van der Waals surface area contributed by atoms with Gasteiger partial charge < -0.3 is 5.32 Å². The minimum absolute atomic E-state index is 0.127. The summed E-state index contributed by atoms with van der Waals surface area (Å²) in [5.74, 6) is 1.09. The van der Waals surface area contributed by atoms with Crippen LogP contribution in [0.3, 0.4) is 0 Å². The lowest BCUT2D eigenvalue weighted by Crippen LogP contribution is -2.37. The summed E-state index contributed by atoms with van der Waals surface area (Å²) in [5, 5.41) is 12.4. The molecule has 1 fully saturated rings. The Balaban J connectivity index is 2.37. The molecule has 1 atom stereocenters. The minimum atomic E-state index is 0.127. The molecule has 0 bridgehead atoms. The molecule has 1 saturated heterocycles. The number of hydrogen-bond acceptors (Lipinski definition) is 4. The van der Waals surface area contributed by atoms with Crippen LogP contribution in [0.1, 0.15) is 12.8 Å². The summed E-state index contributed by atoms with van der Waals surface area (Å²) >= 11 is 1.82. The number of nitriles is 1. The number of nitrogens with zero attached hydrogens (tertiary/aromatic N) is 2. The Bertz CT molecular complexity index is 182. The molecule has 14 heavy (non-hydrogen) atoms. The third-order valence-corrected chi connectivity index (χ3v) is 3.20. The molecule has 1 aliphatic heterocycles. The fraction of sp³-hybridized carbons (Fsp3) is 0.900. The van der Waals surface area contributed by atoms with E-state index in [0.717, 1.165) is 44.8 Å². The van der Waals surface area contributed by atoms with Gasteiger partial charge in [-0.25, -0.2) is 0 Å². The molecule has 1 aliphatic rings. The predicted octanol–water partition coefficient (Wildman–Crippen LogP) is 0.927. The molecule has 0 aliphatic carbocycles. The molecule has 0 radical (unpaired) electrons. The summed E-state index contributed by atoms with van der Waals surface area (Å²) in [4.78, 5) is 2.32. The van der Waals surface area contributed by atoms with E-state index >= 15 is 0 Å². The van der Waals surface area contributed by atoms with Crippen LogP contribution >= 0.6 is 11.8 Å². The van der Waals surface area contributed by atoms with E-state index < -0.39 is 0 Å². The fourth-order valence-corrected chi connectivity index (χ4v) is 2.20. The zero-order valence-corrected chi connectivity index (χ0v) is 9.65. The Kier molecular flexibility index (Phi) is 6.00. The van der Waals surface area contributed by atoms with Crippen LogP contribution in [0.15, 0.2) is 0 Å². The van der Waals surface area contributed by atoms with Crippen LogP contribution in [-0.2, 0) is 0 Å². The minimum Gasteiger partial charge on any atom is -0.315 e. The van der Waals surface area contributed by atoms with Crippen molar-refractivity contribution in [2.45, 2.75) is 18.9 Å². The van der Waals surface area contributed by atoms with E-state index in [1.165, 1.54) is 0 Å². The smallest absolute Gasteiger partial charge is 0.0986 e. The van der Waals surface area contributed by atoms with Crippen LogP contribution in [0.4, 0.5) is 0 Å². The lowest BCUT2D eigenvalue weighted by molar-refractivity contribution is 0.246. The molecule has 1 N–H and O–H groups in total. The Hall–Kier alpha value is -0.240. The molecule has 1 unspecified atom stereocenters. The van der Waals surface area contributed by atoms with Crippen molar-refractivity contribution in [3.63, 3.8) is 0 Å². The van der Waals surface area contributed by atoms with Gasteiger partial charge in [0.05, 0.1) is 12.1 Å². The van der Waals surface area contributed by atoms with Crippen molar-refractivity contribution in [3.05, 3.63) is 0 Å². The van der Waals surface area contributed by atoms with Crippen LogP contribution < -0.4 is 5.32 Å². The fourth-order valence-electron chi connectivity index (χ4n) is 1.74. The summed E-state index contributed by atoms with van der Waals surface area (Å²) < 4.78 is 0. The molecule has 1 rings (SSSR count). The van der Waals surface area contributed by atoms with Gasteiger partial charge in [-0.1, -0.05) is 0 Å². The van der Waals surface area contributed by atoms with Crippen LogP contribution in [0.25, 0.3) is 0 Å². The van der Waals surface area contributed by atoms with Gasteiger partial charge in [0.2, 0.25) is 0 Å². The van der Waals surface area contributed by atoms with Crippen molar-refractivity contribution >= 4 is 11.8 Å². The second kappa shape index (κ2) is 7.10. The van der Waals surface area contributed by atoms with E-state index in [1.54, 1.807) is 0 Å². The Morgan fingerprint density at radius 2 is 2.36 bits per heavy atom. The van der Waals surface area contributed by atoms with Gasteiger partial charge >= 0.3 is 0 Å². The lowest BCUT2D eigenvalue weighted by Gasteiger charge is -2.24. The summed E-state index contributed by atoms with van der Waals surface area (Å²) in [6.07, 6.45) is 4.26. The van der Waals surface area contributed by atoms with Crippen molar-refractivity contribution in [2.24, 2.45) is 0 Å². The van der Waals surface area contributed by atoms with E-state index in [4.69, 9.17) is 5.26 Å². The SMILES string of the molecule is CSCCC(C#N)N1CCCNCC1. The molecule has 80 valence electrons. The third kappa shape index (κ3) is 3.87. The molecule has 0 amide bonds. The summed E-state index contributed by atoms with van der Waals surface area (Å²) in [7, 11) is 0. The Morgan fingerprint density at radius 3 is 3.07 bits per heavy atom. The maximum atomic E-state index is 9.08. The highest BCUT2D eigenvalue weighted by atomic mass is 32.2. The Morgan fingerprint density at radius 1 is 1.50 bits per heavy atom. The second-order valence-corrected chi connectivity index (χ2v) is 4.55. The average Bonchev–Trinajstić information content (AvgIpc) is 2.48. The molecule has 1 heterocycles. The van der Waals surface area contributed by atoms with Gasteiger partial charge in [0.1, 0.15) is 0 Å². The zero-order valence-electron chi connectivity index (χ0n) is 8.83. The van der Waals surface area contributed by atoms with Gasteiger partial charge in [0, 0.05) is 19.6 Å². The molecule has 0 aromatic heterocycles. The molecule has 3 nitrogen and oxygen atoms in total. The first-order valence-electron chi connectivity index (χ1n) is 5.22. The van der Waals surface area contributed by atoms with Gasteiger partial charge in [0.15, 0.2) is 0 Å². The van der Waals surface area contributed by atoms with Gasteiger partial charge in [-0.2, -0.15) is 17.0 Å². The van der Waals surface area contributed by atoms with Crippen molar-refractivity contribution in [1.29, 1.82) is 5.26 Å². The summed E-state index contributed by atoms with van der Waals surface area (Å²) in [6, 6.07) is 2.55. The molecular weight excluding hydrogens is 194 g/mol. The number of nitrogens with one attached hydrogen (secondary N) is 1. The molecule has 0 saturated carbocycles. The first kappa shape index (κ1) is 11.8. The predicted molar refractivity (Wildman–Crippen MR) is 61.5 cm³/mol. The quantitative estimate of drug-likeness (QED) is 0.754. The van der Waals surface area contributed by atoms with Crippen LogP contribution in [0.5, 0.6) is 0 Å². The zero-order chi connectivity index (χ0) is 10.2. The highest BCUT2D eigenvalue weighted by molar-refractivity contribution is 7.98. The van der Waals surface area contributed by atoms with Crippen LogP contribution in [0, 0.1) is 11.3 Å². The monoisotopic (exact) mass is 213 g/mol. The van der Waals surface area contributed by atoms with E-state index in [-0.39, 0.29) is 6.04 Å².